The van der Waals surface area contributed by atoms with E-state index in [-0.39, 0.29) is 24.4 Å². The Balaban J connectivity index is 0.00000361. The van der Waals surface area contributed by atoms with E-state index in [1.165, 1.54) is 0 Å². The molecule has 0 heterocycles. The van der Waals surface area contributed by atoms with Gasteiger partial charge in [-0.1, -0.05) is 37.6 Å². The molecule has 0 spiro atoms. The maximum absolute atomic E-state index is 11.7. The summed E-state index contributed by atoms with van der Waals surface area (Å²) in [5, 5.41) is 3.76. The van der Waals surface area contributed by atoms with Crippen molar-refractivity contribution in [2.75, 3.05) is 6.54 Å². The van der Waals surface area contributed by atoms with E-state index in [9.17, 15) is 4.79 Å². The van der Waals surface area contributed by atoms with Gasteiger partial charge in [0.25, 0.3) is 0 Å². The fraction of sp³-hybridized carbons (Fsp3) is 0.533. The molecule has 5 heteroatoms. The summed E-state index contributed by atoms with van der Waals surface area (Å²) in [4.78, 5) is 11.7. The second-order valence-corrected chi connectivity index (χ2v) is 5.62. The van der Waals surface area contributed by atoms with Gasteiger partial charge in [0.1, 0.15) is 0 Å². The minimum absolute atomic E-state index is 0. The summed E-state index contributed by atoms with van der Waals surface area (Å²) in [6, 6.07) is 7.69. The van der Waals surface area contributed by atoms with Gasteiger partial charge in [0.15, 0.2) is 0 Å². The van der Waals surface area contributed by atoms with Crippen LogP contribution in [-0.2, 0) is 4.79 Å². The first kappa shape index (κ1) is 19.2. The molecule has 0 aliphatic heterocycles. The maximum Gasteiger partial charge on any atom is 0.221 e. The SMILES string of the molecule is CC(C)CCC(NC(=O)CCN)c1ccc(Cl)cc1.Cl. The first-order valence-electron chi connectivity index (χ1n) is 6.77. The molecule has 1 aromatic rings. The Kier molecular flexibility index (Phi) is 9.64. The monoisotopic (exact) mass is 318 g/mol. The minimum atomic E-state index is 0. The first-order valence-corrected chi connectivity index (χ1v) is 7.15. The van der Waals surface area contributed by atoms with Gasteiger partial charge in [-0.3, -0.25) is 4.79 Å². The molecule has 1 atom stereocenters. The Bertz CT molecular complexity index is 393. The molecule has 1 rings (SSSR count). The average molecular weight is 319 g/mol. The summed E-state index contributed by atoms with van der Waals surface area (Å²) in [5.41, 5.74) is 6.50. The van der Waals surface area contributed by atoms with Crippen LogP contribution in [0.5, 0.6) is 0 Å². The van der Waals surface area contributed by atoms with Gasteiger partial charge in [-0.25, -0.2) is 0 Å². The van der Waals surface area contributed by atoms with E-state index >= 15 is 0 Å². The Hall–Kier alpha value is -0.770. The summed E-state index contributed by atoms with van der Waals surface area (Å²) < 4.78 is 0. The Morgan fingerprint density at radius 2 is 1.85 bits per heavy atom. The molecule has 0 radical (unpaired) electrons. The number of hydrogen-bond acceptors (Lipinski definition) is 2. The number of carbonyl (C=O) groups excluding carboxylic acids is 1. The molecule has 0 bridgehead atoms. The highest BCUT2D eigenvalue weighted by atomic mass is 35.5. The van der Waals surface area contributed by atoms with Crippen molar-refractivity contribution in [2.45, 2.75) is 39.2 Å². The highest BCUT2D eigenvalue weighted by molar-refractivity contribution is 6.30. The highest BCUT2D eigenvalue weighted by Gasteiger charge is 2.14. The Labute approximate surface area is 132 Å². The van der Waals surface area contributed by atoms with Gasteiger partial charge in [0.05, 0.1) is 6.04 Å². The lowest BCUT2D eigenvalue weighted by Gasteiger charge is -2.20. The van der Waals surface area contributed by atoms with Gasteiger partial charge < -0.3 is 11.1 Å². The Morgan fingerprint density at radius 1 is 1.25 bits per heavy atom. The molecule has 0 aliphatic carbocycles. The number of carbonyl (C=O) groups is 1. The lowest BCUT2D eigenvalue weighted by Crippen LogP contribution is -2.30. The summed E-state index contributed by atoms with van der Waals surface area (Å²) in [7, 11) is 0. The second kappa shape index (κ2) is 10.0. The maximum atomic E-state index is 11.7. The van der Waals surface area contributed by atoms with Crippen molar-refractivity contribution in [1.29, 1.82) is 0 Å². The van der Waals surface area contributed by atoms with E-state index in [1.54, 1.807) is 0 Å². The predicted octanol–water partition coefficient (Wildman–Crippen LogP) is 3.70. The molecule has 1 aromatic carbocycles. The van der Waals surface area contributed by atoms with Crippen molar-refractivity contribution in [2.24, 2.45) is 11.7 Å². The van der Waals surface area contributed by atoms with Gasteiger partial charge in [0.2, 0.25) is 5.91 Å². The largest absolute Gasteiger partial charge is 0.349 e. The van der Waals surface area contributed by atoms with Crippen molar-refractivity contribution in [3.63, 3.8) is 0 Å². The number of nitrogens with one attached hydrogen (secondary N) is 1. The summed E-state index contributed by atoms with van der Waals surface area (Å²) in [6.45, 7) is 4.74. The van der Waals surface area contributed by atoms with Crippen LogP contribution in [0.1, 0.15) is 44.7 Å². The van der Waals surface area contributed by atoms with Crippen LogP contribution >= 0.6 is 24.0 Å². The molecule has 0 saturated carbocycles. The molecule has 3 N–H and O–H groups in total. The molecular weight excluding hydrogens is 295 g/mol. The fourth-order valence-electron chi connectivity index (χ4n) is 1.91. The minimum Gasteiger partial charge on any atom is -0.349 e. The molecule has 20 heavy (non-hydrogen) atoms. The smallest absolute Gasteiger partial charge is 0.221 e. The lowest BCUT2D eigenvalue weighted by atomic mass is 9.97. The number of rotatable bonds is 7. The lowest BCUT2D eigenvalue weighted by molar-refractivity contribution is -0.121. The topological polar surface area (TPSA) is 55.1 Å². The number of nitrogens with two attached hydrogens (primary N) is 1. The molecule has 0 saturated heterocycles. The van der Waals surface area contributed by atoms with Crippen LogP contribution in [0.15, 0.2) is 24.3 Å². The number of amides is 1. The Morgan fingerprint density at radius 3 is 2.35 bits per heavy atom. The van der Waals surface area contributed by atoms with Crippen LogP contribution in [-0.4, -0.2) is 12.5 Å². The number of hydrogen-bond donors (Lipinski definition) is 2. The van der Waals surface area contributed by atoms with Crippen molar-refractivity contribution < 1.29 is 4.79 Å². The third-order valence-corrected chi connectivity index (χ3v) is 3.26. The van der Waals surface area contributed by atoms with E-state index in [4.69, 9.17) is 17.3 Å². The van der Waals surface area contributed by atoms with Crippen molar-refractivity contribution in [1.82, 2.24) is 5.32 Å². The van der Waals surface area contributed by atoms with Crippen LogP contribution in [0, 0.1) is 5.92 Å². The van der Waals surface area contributed by atoms with Gasteiger partial charge in [-0.05, 0) is 36.5 Å². The molecule has 0 fully saturated rings. The molecule has 3 nitrogen and oxygen atoms in total. The molecule has 1 unspecified atom stereocenters. The molecule has 114 valence electrons. The third-order valence-electron chi connectivity index (χ3n) is 3.01. The van der Waals surface area contributed by atoms with E-state index in [0.717, 1.165) is 18.4 Å². The van der Waals surface area contributed by atoms with Gasteiger partial charge in [-0.15, -0.1) is 12.4 Å². The fourth-order valence-corrected chi connectivity index (χ4v) is 2.04. The van der Waals surface area contributed by atoms with Gasteiger partial charge in [-0.2, -0.15) is 0 Å². The molecular formula is C15H24Cl2N2O. The zero-order chi connectivity index (χ0) is 14.3. The van der Waals surface area contributed by atoms with Crippen LogP contribution in [0.3, 0.4) is 0 Å². The summed E-state index contributed by atoms with van der Waals surface area (Å²) in [5.74, 6) is 0.618. The summed E-state index contributed by atoms with van der Waals surface area (Å²) >= 11 is 5.90. The highest BCUT2D eigenvalue weighted by Crippen LogP contribution is 2.22. The normalized spacial score (nSPS) is 11.8. The zero-order valence-corrected chi connectivity index (χ0v) is 13.6. The van der Waals surface area contributed by atoms with Crippen molar-refractivity contribution in [3.05, 3.63) is 34.9 Å². The zero-order valence-electron chi connectivity index (χ0n) is 12.1. The molecule has 1 amide bonds. The standard InChI is InChI=1S/C15H23ClN2O.ClH/c1-11(2)3-8-14(18-15(19)9-10-17)12-4-6-13(16)7-5-12;/h4-7,11,14H,3,8-10,17H2,1-2H3,(H,18,19);1H. The van der Waals surface area contributed by atoms with E-state index in [2.05, 4.69) is 19.2 Å². The van der Waals surface area contributed by atoms with E-state index in [0.29, 0.717) is 23.9 Å². The predicted molar refractivity (Wildman–Crippen MR) is 87.3 cm³/mol. The van der Waals surface area contributed by atoms with E-state index < -0.39 is 0 Å². The quantitative estimate of drug-likeness (QED) is 0.805. The summed E-state index contributed by atoms with van der Waals surface area (Å²) in [6.07, 6.45) is 2.36. The van der Waals surface area contributed by atoms with Crippen LogP contribution in [0.25, 0.3) is 0 Å². The van der Waals surface area contributed by atoms with E-state index in [1.807, 2.05) is 24.3 Å². The van der Waals surface area contributed by atoms with Crippen molar-refractivity contribution >= 4 is 29.9 Å². The molecule has 0 aliphatic rings. The van der Waals surface area contributed by atoms with Gasteiger partial charge in [0, 0.05) is 18.0 Å². The number of benzene rings is 1. The average Bonchev–Trinajstić information content (AvgIpc) is 2.35. The third kappa shape index (κ3) is 7.13. The van der Waals surface area contributed by atoms with Crippen LogP contribution < -0.4 is 11.1 Å². The van der Waals surface area contributed by atoms with Crippen LogP contribution in [0.4, 0.5) is 0 Å². The second-order valence-electron chi connectivity index (χ2n) is 5.18. The first-order chi connectivity index (χ1) is 9.02. The van der Waals surface area contributed by atoms with Gasteiger partial charge >= 0.3 is 0 Å². The van der Waals surface area contributed by atoms with Crippen LogP contribution in [0.2, 0.25) is 5.02 Å². The van der Waals surface area contributed by atoms with Crippen molar-refractivity contribution in [3.8, 4) is 0 Å². The number of halogens is 2. The molecule has 0 aromatic heterocycles.